The van der Waals surface area contributed by atoms with E-state index in [0.717, 1.165) is 11.1 Å². The molecule has 0 saturated heterocycles. The molecule has 2 aromatic carbocycles. The monoisotopic (exact) mass is 310 g/mol. The fourth-order valence-corrected chi connectivity index (χ4v) is 7.41. The predicted octanol–water partition coefficient (Wildman–Crippen LogP) is 4.40. The molecular weight excluding hydrogens is 288 g/mol. The molecular formula is C19H22O2Si. The van der Waals surface area contributed by atoms with E-state index in [2.05, 4.69) is 43.9 Å². The number of rotatable bonds is 4. The van der Waals surface area contributed by atoms with E-state index in [1.165, 1.54) is 0 Å². The Morgan fingerprint density at radius 1 is 0.909 bits per heavy atom. The quantitative estimate of drug-likeness (QED) is 0.850. The van der Waals surface area contributed by atoms with Crippen LogP contribution < -0.4 is 0 Å². The first-order valence-corrected chi connectivity index (χ1v) is 11.3. The Morgan fingerprint density at radius 2 is 1.32 bits per heavy atom. The van der Waals surface area contributed by atoms with Gasteiger partial charge in [-0.05, 0) is 16.7 Å². The third-order valence-corrected chi connectivity index (χ3v) is 7.56. The lowest BCUT2D eigenvalue weighted by atomic mass is 9.85. The van der Waals surface area contributed by atoms with E-state index in [1.54, 1.807) is 0 Å². The number of carbonyl (C=O) groups is 1. The van der Waals surface area contributed by atoms with Crippen LogP contribution in [0.15, 0.2) is 60.7 Å². The van der Waals surface area contributed by atoms with Crippen LogP contribution in [0.25, 0.3) is 0 Å². The third kappa shape index (κ3) is 2.12. The highest BCUT2D eigenvalue weighted by molar-refractivity contribution is 6.79. The molecule has 0 bridgehead atoms. The smallest absolute Gasteiger partial charge is 0.307 e. The van der Waals surface area contributed by atoms with Crippen LogP contribution in [0.5, 0.6) is 0 Å². The van der Waals surface area contributed by atoms with Crippen LogP contribution in [0, 0.1) is 5.92 Å². The van der Waals surface area contributed by atoms with Crippen LogP contribution in [0.3, 0.4) is 0 Å². The molecule has 0 heterocycles. The molecule has 22 heavy (non-hydrogen) atoms. The van der Waals surface area contributed by atoms with Crippen molar-refractivity contribution in [3.8, 4) is 0 Å². The fourth-order valence-electron chi connectivity index (χ4n) is 4.22. The molecule has 2 nitrogen and oxygen atoms in total. The van der Waals surface area contributed by atoms with Gasteiger partial charge < -0.3 is 5.11 Å². The van der Waals surface area contributed by atoms with Gasteiger partial charge >= 0.3 is 5.97 Å². The molecule has 0 radical (unpaired) electrons. The lowest BCUT2D eigenvalue weighted by molar-refractivity contribution is -0.138. The summed E-state index contributed by atoms with van der Waals surface area (Å²) in [6, 6.07) is 20.4. The highest BCUT2D eigenvalue weighted by Crippen LogP contribution is 2.71. The van der Waals surface area contributed by atoms with Gasteiger partial charge in [0.2, 0.25) is 0 Å². The second-order valence-electron chi connectivity index (χ2n) is 7.26. The summed E-state index contributed by atoms with van der Waals surface area (Å²) in [5, 5.41) is 9.87. The van der Waals surface area contributed by atoms with Crippen LogP contribution in [-0.4, -0.2) is 19.1 Å². The molecule has 2 aromatic rings. The second kappa shape index (κ2) is 5.09. The zero-order valence-electron chi connectivity index (χ0n) is 13.3. The van der Waals surface area contributed by atoms with Crippen molar-refractivity contribution in [2.45, 2.75) is 30.6 Å². The van der Waals surface area contributed by atoms with Crippen LogP contribution in [0.1, 0.15) is 11.1 Å². The molecule has 0 unspecified atom stereocenters. The van der Waals surface area contributed by atoms with E-state index in [-0.39, 0.29) is 16.9 Å². The summed E-state index contributed by atoms with van der Waals surface area (Å²) in [4.78, 5) is 12.0. The van der Waals surface area contributed by atoms with Crippen LogP contribution in [0.4, 0.5) is 0 Å². The minimum Gasteiger partial charge on any atom is -0.481 e. The molecule has 1 aliphatic rings. The summed E-state index contributed by atoms with van der Waals surface area (Å²) in [5.41, 5.74) is 2.14. The lowest BCUT2D eigenvalue weighted by Gasteiger charge is -2.24. The Bertz CT molecular complexity index is 634. The van der Waals surface area contributed by atoms with Crippen LogP contribution in [0.2, 0.25) is 25.2 Å². The maximum atomic E-state index is 12.0. The van der Waals surface area contributed by atoms with E-state index < -0.39 is 14.0 Å². The van der Waals surface area contributed by atoms with Crippen molar-refractivity contribution in [1.82, 2.24) is 0 Å². The highest BCUT2D eigenvalue weighted by atomic mass is 28.3. The zero-order valence-corrected chi connectivity index (χ0v) is 14.3. The minimum absolute atomic E-state index is 0.224. The first kappa shape index (κ1) is 15.0. The molecule has 114 valence electrons. The average Bonchev–Trinajstić information content (AvgIpc) is 3.21. The van der Waals surface area contributed by atoms with Crippen molar-refractivity contribution < 1.29 is 9.90 Å². The maximum Gasteiger partial charge on any atom is 0.307 e. The molecule has 1 aliphatic carbocycles. The van der Waals surface area contributed by atoms with Gasteiger partial charge in [0.05, 0.1) is 5.92 Å². The predicted molar refractivity (Wildman–Crippen MR) is 91.9 cm³/mol. The lowest BCUT2D eigenvalue weighted by Crippen LogP contribution is -2.26. The number of aliphatic carboxylic acids is 1. The Morgan fingerprint density at radius 3 is 1.59 bits per heavy atom. The van der Waals surface area contributed by atoms with Crippen molar-refractivity contribution in [2.75, 3.05) is 0 Å². The van der Waals surface area contributed by atoms with Gasteiger partial charge in [-0.25, -0.2) is 0 Å². The van der Waals surface area contributed by atoms with Gasteiger partial charge in [-0.2, -0.15) is 0 Å². The average molecular weight is 310 g/mol. The van der Waals surface area contributed by atoms with Gasteiger partial charge in [-0.15, -0.1) is 0 Å². The fraction of sp³-hybridized carbons (Fsp3) is 0.316. The Labute approximate surface area is 132 Å². The number of hydrogen-bond acceptors (Lipinski definition) is 1. The molecule has 1 N–H and O–H groups in total. The Hall–Kier alpha value is -1.87. The highest BCUT2D eigenvalue weighted by Gasteiger charge is 2.73. The first-order chi connectivity index (χ1) is 10.4. The standard InChI is InChI=1S/C19H22O2Si/c1-22(2,3)17-16(18(20)21)19(17,14-10-6-4-7-11-14)15-12-8-5-9-13-15/h4-13,16-17H,1-3H3,(H,20,21)/t16-,17-/m1/s1. The van der Waals surface area contributed by atoms with E-state index in [9.17, 15) is 9.90 Å². The molecule has 0 amide bonds. The van der Waals surface area contributed by atoms with Gasteiger partial charge in [-0.3, -0.25) is 4.79 Å². The van der Waals surface area contributed by atoms with Gasteiger partial charge in [0.15, 0.2) is 0 Å². The van der Waals surface area contributed by atoms with Crippen molar-refractivity contribution in [1.29, 1.82) is 0 Å². The zero-order chi connectivity index (χ0) is 16.0. The molecule has 0 aromatic heterocycles. The SMILES string of the molecule is C[Si](C)(C)[C@@H]1[C@H](C(=O)O)C1(c1ccccc1)c1ccccc1. The van der Waals surface area contributed by atoms with Crippen LogP contribution >= 0.6 is 0 Å². The Balaban J connectivity index is 2.24. The van der Waals surface area contributed by atoms with Gasteiger partial charge in [-0.1, -0.05) is 80.3 Å². The molecule has 0 spiro atoms. The van der Waals surface area contributed by atoms with Gasteiger partial charge in [0.1, 0.15) is 0 Å². The van der Waals surface area contributed by atoms with E-state index >= 15 is 0 Å². The van der Waals surface area contributed by atoms with Crippen molar-refractivity contribution in [2.24, 2.45) is 5.92 Å². The summed E-state index contributed by atoms with van der Waals surface area (Å²) in [5.74, 6) is -0.982. The summed E-state index contributed by atoms with van der Waals surface area (Å²) in [6.07, 6.45) is 0. The summed E-state index contributed by atoms with van der Waals surface area (Å²) < 4.78 is 0. The molecule has 3 rings (SSSR count). The summed E-state index contributed by atoms with van der Waals surface area (Å²) in [7, 11) is -1.63. The number of benzene rings is 2. The molecule has 0 aliphatic heterocycles. The summed E-state index contributed by atoms with van der Waals surface area (Å²) in [6.45, 7) is 6.84. The normalized spacial score (nSPS) is 23.0. The number of carboxylic acids is 1. The van der Waals surface area contributed by atoms with Crippen molar-refractivity contribution >= 4 is 14.0 Å². The first-order valence-electron chi connectivity index (χ1n) is 7.74. The third-order valence-electron chi connectivity index (χ3n) is 4.91. The van der Waals surface area contributed by atoms with E-state index in [0.29, 0.717) is 0 Å². The Kier molecular flexibility index (Phi) is 3.48. The largest absolute Gasteiger partial charge is 0.481 e. The van der Waals surface area contributed by atoms with E-state index in [4.69, 9.17) is 0 Å². The van der Waals surface area contributed by atoms with Crippen molar-refractivity contribution in [3.05, 3.63) is 71.8 Å². The number of hydrogen-bond donors (Lipinski definition) is 1. The minimum atomic E-state index is -1.63. The summed E-state index contributed by atoms with van der Waals surface area (Å²) >= 11 is 0. The molecule has 2 atom stereocenters. The topological polar surface area (TPSA) is 37.3 Å². The molecule has 3 heteroatoms. The maximum absolute atomic E-state index is 12.0. The van der Waals surface area contributed by atoms with E-state index in [1.807, 2.05) is 36.4 Å². The van der Waals surface area contributed by atoms with Crippen LogP contribution in [-0.2, 0) is 10.2 Å². The van der Waals surface area contributed by atoms with Gasteiger partial charge in [0, 0.05) is 13.5 Å². The second-order valence-corrected chi connectivity index (χ2v) is 12.6. The number of carboxylic acid groups (broad SMARTS) is 1. The molecule has 1 saturated carbocycles. The van der Waals surface area contributed by atoms with Crippen molar-refractivity contribution in [3.63, 3.8) is 0 Å². The van der Waals surface area contributed by atoms with Gasteiger partial charge in [0.25, 0.3) is 0 Å². The molecule has 1 fully saturated rings.